The molecule has 0 aromatic carbocycles. The molecule has 0 atom stereocenters. The van der Waals surface area contributed by atoms with Crippen LogP contribution in [-0.2, 0) is 27.3 Å². The van der Waals surface area contributed by atoms with Gasteiger partial charge in [-0.3, -0.25) is 22.7 Å². The van der Waals surface area contributed by atoms with Gasteiger partial charge in [-0.15, -0.1) is 31.9 Å². The number of hydrogen-bond acceptors (Lipinski definition) is 6. The number of ether oxygens (including phenoxy) is 3. The van der Waals surface area contributed by atoms with Crippen LogP contribution in [0.4, 0.5) is 0 Å². The van der Waals surface area contributed by atoms with Crippen molar-refractivity contribution in [3.05, 3.63) is 71.4 Å². The summed E-state index contributed by atoms with van der Waals surface area (Å²) in [7, 11) is 0. The summed E-state index contributed by atoms with van der Waals surface area (Å²) in [4.78, 5) is 5.03. The fraction of sp³-hybridized carbons (Fsp3) is 0.333. The Bertz CT molecular complexity index is 1320. The van der Waals surface area contributed by atoms with Crippen molar-refractivity contribution in [3.8, 4) is 42.3 Å². The maximum Gasteiger partial charge on any atom is 1.00 e. The Balaban J connectivity index is 0.00000185. The summed E-state index contributed by atoms with van der Waals surface area (Å²) >= 11 is 5.19. The molecule has 0 saturated carbocycles. The van der Waals surface area contributed by atoms with Gasteiger partial charge in [0.05, 0.1) is 47.6 Å². The summed E-state index contributed by atoms with van der Waals surface area (Å²) < 4.78 is 22.3. The first kappa shape index (κ1) is 31.7. The van der Waals surface area contributed by atoms with E-state index in [4.69, 9.17) is 14.2 Å². The van der Waals surface area contributed by atoms with E-state index in [1.807, 2.05) is 23.5 Å². The van der Waals surface area contributed by atoms with Gasteiger partial charge in [-0.2, -0.15) is 24.3 Å². The van der Waals surface area contributed by atoms with Gasteiger partial charge in [0.25, 0.3) is 0 Å². The molecule has 0 aliphatic carbocycles. The Labute approximate surface area is 272 Å². The normalized spacial score (nSPS) is 15.3. The van der Waals surface area contributed by atoms with Crippen LogP contribution < -0.4 is 37.7 Å². The molecular formula is C30H30Li2N2O3S3. The zero-order valence-corrected chi connectivity index (χ0v) is 25.6. The Hall–Kier alpha value is -1.27. The minimum Gasteiger partial charge on any atom is -0.379 e. The second-order valence-electron chi connectivity index (χ2n) is 9.05. The van der Waals surface area contributed by atoms with Crippen LogP contribution in [0, 0.1) is 10.8 Å². The minimum atomic E-state index is 0. The molecule has 0 spiro atoms. The maximum absolute atomic E-state index is 5.85. The molecule has 10 heteroatoms. The molecule has 40 heavy (non-hydrogen) atoms. The van der Waals surface area contributed by atoms with Crippen LogP contribution in [0.25, 0.3) is 42.3 Å². The van der Waals surface area contributed by atoms with Gasteiger partial charge in [0.1, 0.15) is 0 Å². The van der Waals surface area contributed by atoms with Crippen LogP contribution in [0.15, 0.2) is 60.7 Å². The Morgan fingerprint density at radius 1 is 0.500 bits per heavy atom. The molecule has 198 valence electrons. The molecule has 6 heterocycles. The average molecular weight is 577 g/mol. The van der Waals surface area contributed by atoms with Crippen molar-refractivity contribution < 1.29 is 51.9 Å². The molecule has 1 aliphatic heterocycles. The monoisotopic (exact) mass is 576 g/mol. The number of thiophene rings is 3. The van der Waals surface area contributed by atoms with Crippen molar-refractivity contribution in [2.75, 3.05) is 39.6 Å². The average Bonchev–Trinajstić information content (AvgIpc) is 3.75. The maximum atomic E-state index is 5.85. The number of fused-ring (bicyclic) bond motifs is 6. The van der Waals surface area contributed by atoms with E-state index >= 15 is 0 Å². The van der Waals surface area contributed by atoms with Gasteiger partial charge >= 0.3 is 37.7 Å². The number of nitrogens with zero attached hydrogens (tertiary/aromatic N) is 2. The molecule has 0 fully saturated rings. The number of rotatable bonds is 2. The predicted molar refractivity (Wildman–Crippen MR) is 157 cm³/mol. The summed E-state index contributed by atoms with van der Waals surface area (Å²) in [6, 6.07) is 21.8. The van der Waals surface area contributed by atoms with Gasteiger partial charge in [0.2, 0.25) is 0 Å². The second-order valence-corrected chi connectivity index (χ2v) is 11.9. The van der Waals surface area contributed by atoms with Crippen molar-refractivity contribution in [1.82, 2.24) is 9.13 Å². The third-order valence-electron chi connectivity index (χ3n) is 6.61. The SMILES string of the molecule is [Li+].[Li+].[c-]1ccc(-c2ccc3n2CCCOCCOCCOCCCn2c(-c4cc[c-]s4)ccc2-c2ccc-3s2)s1. The fourth-order valence-corrected chi connectivity index (χ4v) is 7.28. The van der Waals surface area contributed by atoms with Crippen molar-refractivity contribution in [3.63, 3.8) is 0 Å². The van der Waals surface area contributed by atoms with Crippen LogP contribution in [0.2, 0.25) is 0 Å². The largest absolute Gasteiger partial charge is 1.00 e. The zero-order chi connectivity index (χ0) is 25.6. The van der Waals surface area contributed by atoms with Gasteiger partial charge in [-0.25, -0.2) is 0 Å². The standard InChI is InChI=1S/C30H30N2O3S3.2Li/c1-5-27(36-21-1)23-7-9-25-29-11-12-30(38-29)26-10-8-24(28-6-2-22-37-28)32(26)14-4-16-34-18-20-35-19-17-33-15-3-13-31(23)25;;/h1-2,5-12H,3-4,13-20H2;;/q-2;2*+1. The van der Waals surface area contributed by atoms with Crippen molar-refractivity contribution >= 4 is 34.0 Å². The molecule has 0 unspecified atom stereocenters. The smallest absolute Gasteiger partial charge is 0.379 e. The summed E-state index contributed by atoms with van der Waals surface area (Å²) in [6.45, 7) is 5.62. The Kier molecular flexibility index (Phi) is 12.5. The van der Waals surface area contributed by atoms with Crippen LogP contribution >= 0.6 is 34.0 Å². The minimum absolute atomic E-state index is 0. The van der Waals surface area contributed by atoms with Crippen LogP contribution in [0.1, 0.15) is 12.8 Å². The fourth-order valence-electron chi connectivity index (χ4n) is 4.84. The first-order valence-electron chi connectivity index (χ1n) is 13.0. The van der Waals surface area contributed by atoms with E-state index in [1.165, 1.54) is 42.3 Å². The van der Waals surface area contributed by atoms with Gasteiger partial charge in [0.15, 0.2) is 0 Å². The van der Waals surface area contributed by atoms with Crippen LogP contribution in [0.5, 0.6) is 0 Å². The van der Waals surface area contributed by atoms with E-state index in [0.717, 1.165) is 25.9 Å². The molecule has 0 saturated heterocycles. The van der Waals surface area contributed by atoms with Crippen molar-refractivity contribution in [1.29, 1.82) is 0 Å². The van der Waals surface area contributed by atoms with Gasteiger partial charge in [-0.1, -0.05) is 0 Å². The van der Waals surface area contributed by atoms with E-state index in [-0.39, 0.29) is 37.7 Å². The van der Waals surface area contributed by atoms with E-state index in [9.17, 15) is 0 Å². The van der Waals surface area contributed by atoms with Crippen molar-refractivity contribution in [2.24, 2.45) is 0 Å². The molecule has 2 bridgehead atoms. The molecule has 5 aromatic heterocycles. The van der Waals surface area contributed by atoms with E-state index in [2.05, 4.69) is 68.4 Å². The summed E-state index contributed by atoms with van der Waals surface area (Å²) in [5.74, 6) is 0. The third-order valence-corrected chi connectivity index (χ3v) is 9.37. The van der Waals surface area contributed by atoms with Gasteiger partial charge in [-0.05, 0) is 60.6 Å². The quantitative estimate of drug-likeness (QED) is 0.237. The first-order valence-corrected chi connectivity index (χ1v) is 15.5. The summed E-state index contributed by atoms with van der Waals surface area (Å²) in [5, 5.41) is 6.49. The van der Waals surface area contributed by atoms with Crippen LogP contribution in [-0.4, -0.2) is 48.8 Å². The van der Waals surface area contributed by atoms with Crippen molar-refractivity contribution in [2.45, 2.75) is 25.9 Å². The van der Waals surface area contributed by atoms with E-state index < -0.39 is 0 Å². The number of aromatic nitrogens is 2. The third kappa shape index (κ3) is 7.38. The number of hydrogen-bond donors (Lipinski definition) is 0. The first-order chi connectivity index (χ1) is 18.9. The zero-order valence-electron chi connectivity index (χ0n) is 23.2. The molecule has 5 nitrogen and oxygen atoms in total. The predicted octanol–water partition coefficient (Wildman–Crippen LogP) is 1.59. The van der Waals surface area contributed by atoms with Gasteiger partial charge in [0, 0.05) is 26.3 Å². The molecule has 0 amide bonds. The van der Waals surface area contributed by atoms with E-state index in [0.29, 0.717) is 39.6 Å². The van der Waals surface area contributed by atoms with E-state index in [1.54, 1.807) is 22.7 Å². The molecule has 6 rings (SSSR count). The summed E-state index contributed by atoms with van der Waals surface area (Å²) in [5.41, 5.74) is 4.99. The molecule has 5 aromatic rings. The second kappa shape index (κ2) is 15.8. The molecular weight excluding hydrogens is 546 g/mol. The summed E-state index contributed by atoms with van der Waals surface area (Å²) in [6.07, 6.45) is 1.88. The van der Waals surface area contributed by atoms with Crippen LogP contribution in [0.3, 0.4) is 0 Å². The molecule has 0 radical (unpaired) electrons. The Morgan fingerprint density at radius 3 is 1.30 bits per heavy atom. The topological polar surface area (TPSA) is 37.6 Å². The molecule has 1 aliphatic rings. The van der Waals surface area contributed by atoms with Gasteiger partial charge < -0.3 is 23.3 Å². The Morgan fingerprint density at radius 2 is 0.900 bits per heavy atom. The molecule has 0 N–H and O–H groups in total.